The van der Waals surface area contributed by atoms with Crippen LogP contribution in [-0.4, -0.2) is 75.1 Å². The number of piperidine rings is 1. The van der Waals surface area contributed by atoms with E-state index in [1.54, 1.807) is 0 Å². The van der Waals surface area contributed by atoms with E-state index < -0.39 is 23.3 Å². The Morgan fingerprint density at radius 3 is 2.91 bits per heavy atom. The number of nitrogens with zero attached hydrogens (tertiary/aromatic N) is 5. The number of halogens is 3. The number of alkyl halides is 1. The van der Waals surface area contributed by atoms with Gasteiger partial charge in [-0.1, -0.05) is 12.0 Å². The quantitative estimate of drug-likeness (QED) is 0.324. The van der Waals surface area contributed by atoms with Crippen molar-refractivity contribution in [3.8, 4) is 41.2 Å². The van der Waals surface area contributed by atoms with E-state index in [9.17, 15) is 13.9 Å². The molecule has 6 heterocycles. The van der Waals surface area contributed by atoms with Crippen molar-refractivity contribution >= 4 is 27.5 Å². The zero-order valence-electron chi connectivity index (χ0n) is 23.7. The SMILES string of the molecule is C#Cc1c(F)ccc2cc(O)cc(-c3nc4c5c(nc(OC[C@@]67CCCN6C[C@H](F)C7)nc5c3F)N3[C@H](CO4)C[C@@H]4C[C@@H]43)c12. The summed E-state index contributed by atoms with van der Waals surface area (Å²) in [6.07, 6.45) is 8.87. The lowest BCUT2D eigenvalue weighted by Gasteiger charge is -2.31. The fraction of sp³-hybridized carbons (Fsp3) is 0.424. The van der Waals surface area contributed by atoms with E-state index in [0.717, 1.165) is 32.2 Å². The summed E-state index contributed by atoms with van der Waals surface area (Å²) in [5, 5.41) is 11.6. The van der Waals surface area contributed by atoms with Gasteiger partial charge < -0.3 is 19.5 Å². The molecule has 2 aromatic heterocycles. The molecule has 0 bridgehead atoms. The Balaban J connectivity index is 1.25. The van der Waals surface area contributed by atoms with Gasteiger partial charge in [0.05, 0.1) is 17.1 Å². The molecule has 11 heteroatoms. The van der Waals surface area contributed by atoms with Crippen LogP contribution in [0.4, 0.5) is 19.0 Å². The number of aromatic hydroxyl groups is 1. The van der Waals surface area contributed by atoms with E-state index >= 15 is 4.39 Å². The second-order valence-electron chi connectivity index (χ2n) is 12.8. The molecule has 5 atom stereocenters. The van der Waals surface area contributed by atoms with Gasteiger partial charge >= 0.3 is 6.01 Å². The highest BCUT2D eigenvalue weighted by molar-refractivity contribution is 6.04. The van der Waals surface area contributed by atoms with Crippen molar-refractivity contribution in [1.82, 2.24) is 19.9 Å². The van der Waals surface area contributed by atoms with Crippen molar-refractivity contribution in [1.29, 1.82) is 0 Å². The van der Waals surface area contributed by atoms with Gasteiger partial charge in [0.1, 0.15) is 53.4 Å². The molecule has 8 nitrogen and oxygen atoms in total. The molecule has 0 radical (unpaired) electrons. The minimum atomic E-state index is -0.918. The Labute approximate surface area is 250 Å². The molecule has 1 saturated carbocycles. The zero-order valence-corrected chi connectivity index (χ0v) is 23.7. The molecule has 44 heavy (non-hydrogen) atoms. The second-order valence-corrected chi connectivity index (χ2v) is 12.8. The molecule has 0 unspecified atom stereocenters. The number of ether oxygens (including phenoxy) is 2. The molecule has 4 aromatic rings. The fourth-order valence-electron chi connectivity index (χ4n) is 8.25. The van der Waals surface area contributed by atoms with Crippen molar-refractivity contribution in [2.75, 3.05) is 31.2 Å². The molecule has 0 amide bonds. The number of terminal acetylenes is 1. The monoisotopic (exact) mass is 599 g/mol. The highest BCUT2D eigenvalue weighted by Crippen LogP contribution is 2.53. The van der Waals surface area contributed by atoms with Crippen molar-refractivity contribution in [3.63, 3.8) is 0 Å². The molecule has 4 aliphatic heterocycles. The summed E-state index contributed by atoms with van der Waals surface area (Å²) in [5.74, 6) is 1.95. The van der Waals surface area contributed by atoms with E-state index in [4.69, 9.17) is 20.9 Å². The van der Waals surface area contributed by atoms with E-state index in [0.29, 0.717) is 42.1 Å². The number of pyridine rings is 1. The summed E-state index contributed by atoms with van der Waals surface area (Å²) in [6, 6.07) is 5.74. The molecule has 4 fully saturated rings. The smallest absolute Gasteiger partial charge is 0.319 e. The molecule has 5 aliphatic rings. The van der Waals surface area contributed by atoms with Gasteiger partial charge in [-0.25, -0.2) is 18.2 Å². The lowest BCUT2D eigenvalue weighted by Crippen LogP contribution is -2.43. The summed E-state index contributed by atoms with van der Waals surface area (Å²) < 4.78 is 58.7. The number of hydrogen-bond acceptors (Lipinski definition) is 8. The van der Waals surface area contributed by atoms with Gasteiger partial charge in [-0.15, -0.1) is 6.42 Å². The summed E-state index contributed by atoms with van der Waals surface area (Å²) in [5.41, 5.74) is -0.631. The van der Waals surface area contributed by atoms with E-state index in [1.807, 2.05) is 0 Å². The number of rotatable bonds is 4. The normalized spacial score (nSPS) is 28.4. The number of hydrogen-bond donors (Lipinski definition) is 1. The van der Waals surface area contributed by atoms with Crippen molar-refractivity contribution in [2.24, 2.45) is 5.92 Å². The predicted molar refractivity (Wildman–Crippen MR) is 157 cm³/mol. The molecule has 0 spiro atoms. The Hall–Kier alpha value is -4.30. The third-order valence-corrected chi connectivity index (χ3v) is 10.3. The van der Waals surface area contributed by atoms with Crippen molar-refractivity contribution < 1.29 is 27.8 Å². The Kier molecular flexibility index (Phi) is 5.41. The van der Waals surface area contributed by atoms with Crippen LogP contribution in [0.5, 0.6) is 17.6 Å². The van der Waals surface area contributed by atoms with Gasteiger partial charge in [0.25, 0.3) is 0 Å². The van der Waals surface area contributed by atoms with E-state index in [-0.39, 0.29) is 64.1 Å². The Morgan fingerprint density at radius 1 is 1.16 bits per heavy atom. The number of anilines is 1. The minimum Gasteiger partial charge on any atom is -0.508 e. The van der Waals surface area contributed by atoms with Crippen LogP contribution in [-0.2, 0) is 0 Å². The topological polar surface area (TPSA) is 83.8 Å². The maximum atomic E-state index is 16.9. The van der Waals surface area contributed by atoms with Gasteiger partial charge in [0.15, 0.2) is 5.82 Å². The first kappa shape index (κ1) is 26.1. The first-order valence-electron chi connectivity index (χ1n) is 15.1. The maximum Gasteiger partial charge on any atom is 0.319 e. The molecule has 3 saturated heterocycles. The summed E-state index contributed by atoms with van der Waals surface area (Å²) in [6.45, 7) is 1.72. The zero-order chi connectivity index (χ0) is 29.9. The van der Waals surface area contributed by atoms with Crippen LogP contribution in [0.25, 0.3) is 32.9 Å². The summed E-state index contributed by atoms with van der Waals surface area (Å²) in [7, 11) is 0. The molecule has 9 rings (SSSR count). The minimum absolute atomic E-state index is 0.00101. The van der Waals surface area contributed by atoms with Gasteiger partial charge in [-0.05, 0) is 61.7 Å². The third kappa shape index (κ3) is 3.67. The molecule has 1 N–H and O–H groups in total. The van der Waals surface area contributed by atoms with Crippen LogP contribution in [0.1, 0.15) is 37.7 Å². The predicted octanol–water partition coefficient (Wildman–Crippen LogP) is 5.12. The first-order valence-corrected chi connectivity index (χ1v) is 15.1. The maximum absolute atomic E-state index is 16.9. The van der Waals surface area contributed by atoms with Crippen LogP contribution in [0.15, 0.2) is 24.3 Å². The largest absolute Gasteiger partial charge is 0.508 e. The molecule has 2 aromatic carbocycles. The lowest BCUT2D eigenvalue weighted by molar-refractivity contribution is 0.107. The number of aromatic nitrogens is 3. The van der Waals surface area contributed by atoms with Crippen LogP contribution in [0.2, 0.25) is 0 Å². The van der Waals surface area contributed by atoms with Crippen LogP contribution < -0.4 is 14.4 Å². The average Bonchev–Trinajstić information content (AvgIpc) is 3.40. The fourth-order valence-corrected chi connectivity index (χ4v) is 8.25. The first-order chi connectivity index (χ1) is 21.3. The molecule has 1 aliphatic carbocycles. The second kappa shape index (κ2) is 9.11. The van der Waals surface area contributed by atoms with Crippen molar-refractivity contribution in [3.05, 3.63) is 41.5 Å². The summed E-state index contributed by atoms with van der Waals surface area (Å²) >= 11 is 0. The Morgan fingerprint density at radius 2 is 2.05 bits per heavy atom. The highest BCUT2D eigenvalue weighted by atomic mass is 19.1. The average molecular weight is 600 g/mol. The molecular weight excluding hydrogens is 571 g/mol. The highest BCUT2D eigenvalue weighted by Gasteiger charge is 2.54. The van der Waals surface area contributed by atoms with Gasteiger partial charge in [0.2, 0.25) is 5.88 Å². The van der Waals surface area contributed by atoms with Crippen LogP contribution in [0, 0.1) is 29.9 Å². The van der Waals surface area contributed by atoms with Gasteiger partial charge in [0, 0.05) is 30.0 Å². The van der Waals surface area contributed by atoms with Crippen molar-refractivity contribution in [2.45, 2.75) is 55.9 Å². The van der Waals surface area contributed by atoms with Gasteiger partial charge in [-0.3, -0.25) is 4.90 Å². The standard InChI is InChI=1S/C33H28F3N5O3/c1-2-21-23(35)5-4-16-9-20(42)11-22(25(16)21)28-27(36)29-26-30(41-19(8-17-10-24(17)41)14-43-31(26)37-28)39-32(38-29)44-15-33-6-3-7-40(33)13-18(34)12-33/h1,4-5,9,11,17-19,24,42H,3,6-8,10,12-15H2/t17-,18-,19+,24+,33+/m1/s1. The van der Waals surface area contributed by atoms with Gasteiger partial charge in [-0.2, -0.15) is 9.97 Å². The number of phenolic OH excluding ortho intramolecular Hbond substituents is 1. The van der Waals surface area contributed by atoms with E-state index in [1.165, 1.54) is 24.3 Å². The van der Waals surface area contributed by atoms with Crippen LogP contribution in [0.3, 0.4) is 0 Å². The Bertz CT molecular complexity index is 1950. The summed E-state index contributed by atoms with van der Waals surface area (Å²) in [4.78, 5) is 18.3. The lowest BCUT2D eigenvalue weighted by atomic mass is 9.95. The van der Waals surface area contributed by atoms with Crippen LogP contribution >= 0.6 is 0 Å². The number of fused-ring (bicyclic) bond motifs is 6. The number of phenols is 1. The molecular formula is C33H28F3N5O3. The third-order valence-electron chi connectivity index (χ3n) is 10.3. The number of benzene rings is 2. The van der Waals surface area contributed by atoms with E-state index in [2.05, 4.69) is 25.7 Å². The molecule has 224 valence electrons.